The van der Waals surface area contributed by atoms with E-state index in [1.54, 1.807) is 31.2 Å². The average molecular weight is 276 g/mol. The van der Waals surface area contributed by atoms with Crippen LogP contribution in [0.1, 0.15) is 13.3 Å². The molecule has 0 saturated carbocycles. The summed E-state index contributed by atoms with van der Waals surface area (Å²) < 4.78 is 5.08. The van der Waals surface area contributed by atoms with Gasteiger partial charge < -0.3 is 20.5 Å². The van der Waals surface area contributed by atoms with E-state index in [2.05, 4.69) is 22.5 Å². The number of hydrogen-bond donors (Lipinski definition) is 3. The summed E-state index contributed by atoms with van der Waals surface area (Å²) in [6.45, 7) is 1.70. The van der Waals surface area contributed by atoms with Crippen LogP contribution in [0, 0.1) is 11.8 Å². The molecule has 20 heavy (non-hydrogen) atoms. The van der Waals surface area contributed by atoms with Crippen LogP contribution in [0.2, 0.25) is 0 Å². The molecule has 1 aromatic carbocycles. The van der Waals surface area contributed by atoms with E-state index in [0.29, 0.717) is 24.4 Å². The van der Waals surface area contributed by atoms with Gasteiger partial charge in [-0.2, -0.15) is 0 Å². The van der Waals surface area contributed by atoms with E-state index in [9.17, 15) is 9.59 Å². The summed E-state index contributed by atoms with van der Waals surface area (Å²) in [5, 5.41) is 13.8. The van der Waals surface area contributed by atoms with Gasteiger partial charge in [0.25, 0.3) is 0 Å². The standard InChI is InChI=1S/C14H16N2O4/c1-2-3-6-9-15-14(19)16-11-7-4-5-8-12(11)20-10-13(17)18/h4-5,7-8H,6,9-10H2,1H3,(H,17,18)(H2,15,16,19). The Kier molecular flexibility index (Phi) is 6.48. The molecule has 6 heteroatoms. The summed E-state index contributed by atoms with van der Waals surface area (Å²) in [7, 11) is 0. The smallest absolute Gasteiger partial charge is 0.341 e. The number of rotatable bonds is 6. The monoisotopic (exact) mass is 276 g/mol. The van der Waals surface area contributed by atoms with Gasteiger partial charge in [-0.1, -0.05) is 12.1 Å². The van der Waals surface area contributed by atoms with Gasteiger partial charge in [0.2, 0.25) is 0 Å². The van der Waals surface area contributed by atoms with Crippen LogP contribution in [0.4, 0.5) is 10.5 Å². The predicted octanol–water partition coefficient (Wildman–Crippen LogP) is 1.68. The van der Waals surface area contributed by atoms with E-state index in [-0.39, 0.29) is 0 Å². The molecular formula is C14H16N2O4. The fourth-order valence-electron chi connectivity index (χ4n) is 1.37. The largest absolute Gasteiger partial charge is 0.480 e. The molecule has 0 fully saturated rings. The maximum Gasteiger partial charge on any atom is 0.341 e. The Balaban J connectivity index is 2.54. The molecule has 0 radical (unpaired) electrons. The van der Waals surface area contributed by atoms with Crippen LogP contribution in [0.15, 0.2) is 24.3 Å². The third-order valence-electron chi connectivity index (χ3n) is 2.20. The van der Waals surface area contributed by atoms with Gasteiger partial charge in [0, 0.05) is 13.0 Å². The van der Waals surface area contributed by atoms with E-state index >= 15 is 0 Å². The molecule has 3 N–H and O–H groups in total. The molecule has 106 valence electrons. The Morgan fingerprint density at radius 3 is 2.80 bits per heavy atom. The summed E-state index contributed by atoms with van der Waals surface area (Å²) in [5.74, 6) is 4.78. The number of benzene rings is 1. The number of hydrogen-bond acceptors (Lipinski definition) is 3. The highest BCUT2D eigenvalue weighted by Crippen LogP contribution is 2.23. The fraction of sp³-hybridized carbons (Fsp3) is 0.286. The van der Waals surface area contributed by atoms with Crippen LogP contribution in [-0.2, 0) is 4.79 Å². The van der Waals surface area contributed by atoms with Crippen LogP contribution in [-0.4, -0.2) is 30.3 Å². The van der Waals surface area contributed by atoms with Crippen LogP contribution < -0.4 is 15.4 Å². The molecule has 6 nitrogen and oxygen atoms in total. The Labute approximate surface area is 117 Å². The zero-order valence-corrected chi connectivity index (χ0v) is 11.1. The number of aliphatic carboxylic acids is 1. The Bertz CT molecular complexity index is 531. The molecule has 0 bridgehead atoms. The van der Waals surface area contributed by atoms with E-state index in [1.165, 1.54) is 0 Å². The number of para-hydroxylation sites is 2. The molecule has 0 aliphatic heterocycles. The minimum absolute atomic E-state index is 0.304. The lowest BCUT2D eigenvalue weighted by atomic mass is 10.3. The molecule has 0 saturated heterocycles. The molecular weight excluding hydrogens is 260 g/mol. The van der Waals surface area contributed by atoms with Crippen LogP contribution >= 0.6 is 0 Å². The fourth-order valence-corrected chi connectivity index (χ4v) is 1.37. The number of carbonyl (C=O) groups excluding carboxylic acids is 1. The number of urea groups is 1. The molecule has 0 unspecified atom stereocenters. The van der Waals surface area contributed by atoms with Crippen molar-refractivity contribution >= 4 is 17.7 Å². The first kappa shape index (κ1) is 15.4. The highest BCUT2D eigenvalue weighted by molar-refractivity contribution is 5.90. The van der Waals surface area contributed by atoms with E-state index in [1.807, 2.05) is 0 Å². The highest BCUT2D eigenvalue weighted by Gasteiger charge is 2.08. The summed E-state index contributed by atoms with van der Waals surface area (Å²) in [5.41, 5.74) is 0.410. The van der Waals surface area contributed by atoms with Gasteiger partial charge in [0.05, 0.1) is 5.69 Å². The highest BCUT2D eigenvalue weighted by atomic mass is 16.5. The molecule has 0 atom stereocenters. The summed E-state index contributed by atoms with van der Waals surface area (Å²) in [6, 6.07) is 6.22. The van der Waals surface area contributed by atoms with Gasteiger partial charge in [-0.3, -0.25) is 0 Å². The topological polar surface area (TPSA) is 87.7 Å². The Morgan fingerprint density at radius 2 is 2.10 bits per heavy atom. The van der Waals surface area contributed by atoms with Gasteiger partial charge >= 0.3 is 12.0 Å². The van der Waals surface area contributed by atoms with Crippen molar-refractivity contribution in [3.63, 3.8) is 0 Å². The molecule has 0 heterocycles. The maximum absolute atomic E-state index is 11.6. The van der Waals surface area contributed by atoms with E-state index in [0.717, 1.165) is 0 Å². The molecule has 0 aliphatic carbocycles. The second-order valence-corrected chi connectivity index (χ2v) is 3.74. The average Bonchev–Trinajstić information content (AvgIpc) is 2.42. The van der Waals surface area contributed by atoms with Gasteiger partial charge in [0.1, 0.15) is 5.75 Å². The molecule has 2 amide bonds. The van der Waals surface area contributed by atoms with Crippen LogP contribution in [0.25, 0.3) is 0 Å². The third kappa shape index (κ3) is 5.78. The zero-order chi connectivity index (χ0) is 14.8. The Hall–Kier alpha value is -2.68. The van der Waals surface area contributed by atoms with E-state index in [4.69, 9.17) is 9.84 Å². The number of ether oxygens (including phenoxy) is 1. The van der Waals surface area contributed by atoms with Crippen LogP contribution in [0.3, 0.4) is 0 Å². The first-order valence-corrected chi connectivity index (χ1v) is 6.01. The van der Waals surface area contributed by atoms with Gasteiger partial charge in [0.15, 0.2) is 6.61 Å². The minimum atomic E-state index is -1.08. The van der Waals surface area contributed by atoms with Crippen molar-refractivity contribution in [3.8, 4) is 17.6 Å². The van der Waals surface area contributed by atoms with Gasteiger partial charge in [-0.05, 0) is 19.1 Å². The van der Waals surface area contributed by atoms with Gasteiger partial charge in [-0.15, -0.1) is 11.8 Å². The van der Waals surface area contributed by atoms with Crippen molar-refractivity contribution in [1.82, 2.24) is 5.32 Å². The number of carboxylic acids is 1. The first-order valence-electron chi connectivity index (χ1n) is 6.01. The summed E-state index contributed by atoms with van der Waals surface area (Å²) >= 11 is 0. The number of carbonyl (C=O) groups is 2. The number of carboxylic acid groups (broad SMARTS) is 1. The SMILES string of the molecule is CC#CCCNC(=O)Nc1ccccc1OCC(=O)O. The van der Waals surface area contributed by atoms with Gasteiger partial charge in [-0.25, -0.2) is 9.59 Å². The quantitative estimate of drug-likeness (QED) is 0.545. The molecule has 1 rings (SSSR count). The minimum Gasteiger partial charge on any atom is -0.480 e. The normalized spacial score (nSPS) is 9.05. The third-order valence-corrected chi connectivity index (χ3v) is 2.20. The van der Waals surface area contributed by atoms with Crippen molar-refractivity contribution < 1.29 is 19.4 Å². The second-order valence-electron chi connectivity index (χ2n) is 3.74. The second kappa shape index (κ2) is 8.43. The lowest BCUT2D eigenvalue weighted by molar-refractivity contribution is -0.139. The van der Waals surface area contributed by atoms with E-state index < -0.39 is 18.6 Å². The predicted molar refractivity (Wildman–Crippen MR) is 74.7 cm³/mol. The first-order chi connectivity index (χ1) is 9.63. The number of amides is 2. The van der Waals surface area contributed by atoms with Crippen molar-refractivity contribution in [2.24, 2.45) is 0 Å². The molecule has 0 spiro atoms. The lowest BCUT2D eigenvalue weighted by Crippen LogP contribution is -2.29. The molecule has 0 aromatic heterocycles. The van der Waals surface area contributed by atoms with Crippen molar-refractivity contribution in [1.29, 1.82) is 0 Å². The number of anilines is 1. The number of nitrogens with one attached hydrogen (secondary N) is 2. The molecule has 0 aliphatic rings. The zero-order valence-electron chi connectivity index (χ0n) is 11.1. The van der Waals surface area contributed by atoms with Crippen molar-refractivity contribution in [2.45, 2.75) is 13.3 Å². The van der Waals surface area contributed by atoms with Crippen molar-refractivity contribution in [2.75, 3.05) is 18.5 Å². The summed E-state index contributed by atoms with van der Waals surface area (Å²) in [6.07, 6.45) is 0.571. The summed E-state index contributed by atoms with van der Waals surface area (Å²) in [4.78, 5) is 22.1. The maximum atomic E-state index is 11.6. The molecule has 1 aromatic rings. The van der Waals surface area contributed by atoms with Crippen LogP contribution in [0.5, 0.6) is 5.75 Å². The van der Waals surface area contributed by atoms with Crippen molar-refractivity contribution in [3.05, 3.63) is 24.3 Å². The Morgan fingerprint density at radius 1 is 1.35 bits per heavy atom. The lowest BCUT2D eigenvalue weighted by Gasteiger charge is -2.11.